The predicted octanol–water partition coefficient (Wildman–Crippen LogP) is 3.34. The molecule has 0 saturated heterocycles. The largest absolute Gasteiger partial charge is 0.478 e. The van der Waals surface area contributed by atoms with Crippen molar-refractivity contribution < 1.29 is 19.4 Å². The number of aliphatic carboxylic acids is 1. The molecule has 1 unspecified atom stereocenters. The molecule has 26 heavy (non-hydrogen) atoms. The number of carboxylic acids is 1. The summed E-state index contributed by atoms with van der Waals surface area (Å²) in [7, 11) is 1.30. The van der Waals surface area contributed by atoms with Crippen LogP contribution >= 0.6 is 0 Å². The molecule has 2 rings (SSSR count). The van der Waals surface area contributed by atoms with Crippen LogP contribution in [0.3, 0.4) is 0 Å². The number of allylic oxidation sites excluding steroid dienone is 3. The van der Waals surface area contributed by atoms with Gasteiger partial charge in [0.05, 0.1) is 35.8 Å². The average molecular weight is 354 g/mol. The van der Waals surface area contributed by atoms with Crippen LogP contribution in [0, 0.1) is 17.2 Å². The zero-order valence-corrected chi connectivity index (χ0v) is 15.3. The maximum absolute atomic E-state index is 11.9. The van der Waals surface area contributed by atoms with Gasteiger partial charge in [0.15, 0.2) is 0 Å². The molecular weight excluding hydrogens is 332 g/mol. The van der Waals surface area contributed by atoms with Crippen LogP contribution < -0.4 is 5.32 Å². The molecule has 0 spiro atoms. The fourth-order valence-electron chi connectivity index (χ4n) is 3.14. The van der Waals surface area contributed by atoms with Gasteiger partial charge in [-0.1, -0.05) is 26.0 Å². The summed E-state index contributed by atoms with van der Waals surface area (Å²) in [6.07, 6.45) is 0.643. The lowest BCUT2D eigenvalue weighted by atomic mass is 9.79. The Bertz CT molecular complexity index is 826. The molecular formula is C20H22N2O4. The van der Waals surface area contributed by atoms with Gasteiger partial charge in [-0.25, -0.2) is 9.59 Å². The first kappa shape index (κ1) is 19.3. The molecule has 2 N–H and O–H groups in total. The summed E-state index contributed by atoms with van der Waals surface area (Å²) in [6, 6.07) is 8.69. The maximum Gasteiger partial charge on any atom is 0.337 e. The van der Waals surface area contributed by atoms with E-state index in [1.165, 1.54) is 7.11 Å². The van der Waals surface area contributed by atoms with E-state index in [0.29, 0.717) is 34.7 Å². The number of hydrogen-bond acceptors (Lipinski definition) is 5. The molecule has 0 aromatic heterocycles. The Kier molecular flexibility index (Phi) is 5.83. The van der Waals surface area contributed by atoms with Gasteiger partial charge in [0.25, 0.3) is 0 Å². The van der Waals surface area contributed by atoms with Gasteiger partial charge in [-0.05, 0) is 37.0 Å². The molecule has 0 fully saturated rings. The number of methoxy groups -OCH3 is 1. The van der Waals surface area contributed by atoms with Crippen molar-refractivity contribution in [3.63, 3.8) is 0 Å². The molecule has 1 aliphatic heterocycles. The van der Waals surface area contributed by atoms with Gasteiger partial charge in [-0.3, -0.25) is 0 Å². The van der Waals surface area contributed by atoms with E-state index in [0.717, 1.165) is 5.70 Å². The van der Waals surface area contributed by atoms with Crippen LogP contribution in [-0.2, 0) is 9.53 Å². The molecule has 1 aliphatic rings. The van der Waals surface area contributed by atoms with Crippen molar-refractivity contribution in [1.82, 2.24) is 5.32 Å². The van der Waals surface area contributed by atoms with E-state index in [-0.39, 0.29) is 5.57 Å². The van der Waals surface area contributed by atoms with E-state index < -0.39 is 17.9 Å². The standard InChI is InChI=1S/C20H22N2O4/c1-11(2)9-16-15(10-21)18(17(19(23)24)12(3)22-16)13-5-7-14(8-6-13)20(25)26-4/h5-8,11,18,22H,9H2,1-4H3,(H,23,24). The highest BCUT2D eigenvalue weighted by molar-refractivity contribution is 5.92. The second-order valence-electron chi connectivity index (χ2n) is 6.62. The van der Waals surface area contributed by atoms with Crippen molar-refractivity contribution >= 4 is 11.9 Å². The number of nitrogens with zero attached hydrogens (tertiary/aromatic N) is 1. The van der Waals surface area contributed by atoms with E-state index in [1.807, 2.05) is 13.8 Å². The van der Waals surface area contributed by atoms with Gasteiger partial charge in [-0.15, -0.1) is 0 Å². The number of carboxylic acid groups (broad SMARTS) is 1. The van der Waals surface area contributed by atoms with Crippen LogP contribution in [0.25, 0.3) is 0 Å². The van der Waals surface area contributed by atoms with Gasteiger partial charge in [0.2, 0.25) is 0 Å². The number of nitrogens with one attached hydrogen (secondary N) is 1. The highest BCUT2D eigenvalue weighted by Gasteiger charge is 2.34. The molecule has 1 atom stereocenters. The Hall–Kier alpha value is -3.07. The lowest BCUT2D eigenvalue weighted by molar-refractivity contribution is -0.133. The van der Waals surface area contributed by atoms with Crippen molar-refractivity contribution in [2.75, 3.05) is 7.11 Å². The number of benzene rings is 1. The highest BCUT2D eigenvalue weighted by atomic mass is 16.5. The highest BCUT2D eigenvalue weighted by Crippen LogP contribution is 2.39. The minimum absolute atomic E-state index is 0.139. The smallest absolute Gasteiger partial charge is 0.337 e. The third-order valence-corrected chi connectivity index (χ3v) is 4.27. The number of nitriles is 1. The Morgan fingerprint density at radius 1 is 1.31 bits per heavy atom. The van der Waals surface area contributed by atoms with E-state index in [4.69, 9.17) is 0 Å². The Labute approximate surface area is 152 Å². The third kappa shape index (κ3) is 3.77. The summed E-state index contributed by atoms with van der Waals surface area (Å²) in [6.45, 7) is 5.78. The topological polar surface area (TPSA) is 99.4 Å². The first-order chi connectivity index (χ1) is 12.3. The second-order valence-corrected chi connectivity index (χ2v) is 6.62. The Morgan fingerprint density at radius 3 is 2.38 bits per heavy atom. The van der Waals surface area contributed by atoms with Crippen LogP contribution in [0.1, 0.15) is 49.0 Å². The maximum atomic E-state index is 11.9. The van der Waals surface area contributed by atoms with Crippen molar-refractivity contribution in [3.05, 3.63) is 57.9 Å². The van der Waals surface area contributed by atoms with Gasteiger partial charge >= 0.3 is 11.9 Å². The monoisotopic (exact) mass is 354 g/mol. The Balaban J connectivity index is 2.59. The van der Waals surface area contributed by atoms with E-state index >= 15 is 0 Å². The summed E-state index contributed by atoms with van der Waals surface area (Å²) >= 11 is 0. The average Bonchev–Trinajstić information content (AvgIpc) is 2.59. The number of hydrogen-bond donors (Lipinski definition) is 2. The predicted molar refractivity (Wildman–Crippen MR) is 96.1 cm³/mol. The molecule has 0 saturated carbocycles. The van der Waals surface area contributed by atoms with Gasteiger partial charge < -0.3 is 15.2 Å². The van der Waals surface area contributed by atoms with Crippen LogP contribution in [0.2, 0.25) is 0 Å². The second kappa shape index (κ2) is 7.87. The summed E-state index contributed by atoms with van der Waals surface area (Å²) < 4.78 is 4.69. The fourth-order valence-corrected chi connectivity index (χ4v) is 3.14. The normalized spacial score (nSPS) is 17.0. The molecule has 0 radical (unpaired) electrons. The van der Waals surface area contributed by atoms with Crippen LogP contribution in [0.15, 0.2) is 46.8 Å². The molecule has 6 heteroatoms. The summed E-state index contributed by atoms with van der Waals surface area (Å²) in [5, 5.41) is 22.5. The van der Waals surface area contributed by atoms with E-state index in [2.05, 4.69) is 16.1 Å². The minimum Gasteiger partial charge on any atom is -0.478 e. The molecule has 0 bridgehead atoms. The number of ether oxygens (including phenoxy) is 1. The Morgan fingerprint density at radius 2 is 1.92 bits per heavy atom. The zero-order chi connectivity index (χ0) is 19.4. The number of carbonyl (C=O) groups excluding carboxylic acids is 1. The SMILES string of the molecule is COC(=O)c1ccc(C2C(C#N)=C(CC(C)C)NC(C)=C2C(=O)O)cc1. The van der Waals surface area contributed by atoms with Crippen molar-refractivity contribution in [1.29, 1.82) is 5.26 Å². The van der Waals surface area contributed by atoms with Crippen LogP contribution in [-0.4, -0.2) is 24.2 Å². The van der Waals surface area contributed by atoms with Crippen LogP contribution in [0.4, 0.5) is 0 Å². The summed E-state index contributed by atoms with van der Waals surface area (Å²) in [5.74, 6) is -1.92. The first-order valence-corrected chi connectivity index (χ1v) is 8.32. The van der Waals surface area contributed by atoms with Crippen molar-refractivity contribution in [2.45, 2.75) is 33.1 Å². The number of esters is 1. The summed E-state index contributed by atoms with van der Waals surface area (Å²) in [5.41, 5.74) is 2.81. The molecule has 1 aromatic rings. The van der Waals surface area contributed by atoms with Crippen molar-refractivity contribution in [2.24, 2.45) is 5.92 Å². The quantitative estimate of drug-likeness (QED) is 0.787. The van der Waals surface area contributed by atoms with Crippen molar-refractivity contribution in [3.8, 4) is 6.07 Å². The number of carbonyl (C=O) groups is 2. The third-order valence-electron chi connectivity index (χ3n) is 4.27. The minimum atomic E-state index is -1.08. The lowest BCUT2D eigenvalue weighted by Crippen LogP contribution is -2.29. The van der Waals surface area contributed by atoms with E-state index in [9.17, 15) is 20.0 Å². The fraction of sp³-hybridized carbons (Fsp3) is 0.350. The van der Waals surface area contributed by atoms with Gasteiger partial charge in [-0.2, -0.15) is 5.26 Å². The first-order valence-electron chi connectivity index (χ1n) is 8.32. The number of rotatable bonds is 5. The van der Waals surface area contributed by atoms with Gasteiger partial charge in [0.1, 0.15) is 0 Å². The molecule has 1 aromatic carbocycles. The van der Waals surface area contributed by atoms with E-state index in [1.54, 1.807) is 31.2 Å². The molecule has 0 aliphatic carbocycles. The molecule has 136 valence electrons. The zero-order valence-electron chi connectivity index (χ0n) is 15.3. The number of dihydropyridines is 1. The summed E-state index contributed by atoms with van der Waals surface area (Å²) in [4.78, 5) is 23.5. The lowest BCUT2D eigenvalue weighted by Gasteiger charge is -2.29. The molecule has 6 nitrogen and oxygen atoms in total. The van der Waals surface area contributed by atoms with Crippen LogP contribution in [0.5, 0.6) is 0 Å². The molecule has 0 amide bonds. The van der Waals surface area contributed by atoms with Gasteiger partial charge in [0, 0.05) is 11.4 Å². The molecule has 1 heterocycles.